The van der Waals surface area contributed by atoms with E-state index in [1.165, 1.54) is 24.3 Å². The van der Waals surface area contributed by atoms with Crippen molar-refractivity contribution in [3.63, 3.8) is 0 Å². The third-order valence-electron chi connectivity index (χ3n) is 3.55. The fourth-order valence-corrected chi connectivity index (χ4v) is 2.09. The monoisotopic (exact) mass is 291 g/mol. The lowest BCUT2D eigenvalue weighted by Gasteiger charge is -2.29. The number of nitro benzene ring substituents is 1. The van der Waals surface area contributed by atoms with Crippen LogP contribution in [0.25, 0.3) is 0 Å². The van der Waals surface area contributed by atoms with E-state index in [1.807, 2.05) is 19.9 Å². The highest BCUT2D eigenvalue weighted by Crippen LogP contribution is 2.36. The molecule has 1 rings (SSSR count). The van der Waals surface area contributed by atoms with E-state index >= 15 is 0 Å². The third-order valence-corrected chi connectivity index (χ3v) is 3.55. The first-order chi connectivity index (χ1) is 9.80. The van der Waals surface area contributed by atoms with E-state index in [0.717, 1.165) is 11.9 Å². The lowest BCUT2D eigenvalue weighted by atomic mass is 9.78. The van der Waals surface area contributed by atoms with Gasteiger partial charge in [0.05, 0.1) is 16.4 Å². The van der Waals surface area contributed by atoms with Crippen LogP contribution in [0.4, 0.5) is 5.69 Å². The summed E-state index contributed by atoms with van der Waals surface area (Å²) in [5, 5.41) is 21.0. The van der Waals surface area contributed by atoms with E-state index in [9.17, 15) is 20.0 Å². The van der Waals surface area contributed by atoms with Gasteiger partial charge in [-0.15, -0.1) is 0 Å². The topological polar surface area (TPSA) is 80.4 Å². The highest BCUT2D eigenvalue weighted by molar-refractivity contribution is 5.60. The van der Waals surface area contributed by atoms with Gasteiger partial charge in [-0.05, 0) is 44.4 Å². The van der Waals surface area contributed by atoms with Gasteiger partial charge in [-0.25, -0.2) is 0 Å². The standard InChI is InChI=1S/C16H21NO4/c1-12(2)5-4-10-16(3,11-18)15(19)13-6-8-14(9-7-13)17(20)21/h5-9,11,15,19H,4,10H2,1-3H3/t15-,16-/m0/s1. The summed E-state index contributed by atoms with van der Waals surface area (Å²) in [4.78, 5) is 21.5. The normalized spacial score (nSPS) is 14.9. The number of benzene rings is 1. The molecule has 0 unspecified atom stereocenters. The lowest BCUT2D eigenvalue weighted by Crippen LogP contribution is -2.27. The van der Waals surface area contributed by atoms with Crippen molar-refractivity contribution in [1.82, 2.24) is 0 Å². The van der Waals surface area contributed by atoms with Gasteiger partial charge in [0, 0.05) is 12.1 Å². The summed E-state index contributed by atoms with van der Waals surface area (Å²) < 4.78 is 0. The van der Waals surface area contributed by atoms with E-state index in [0.29, 0.717) is 18.4 Å². The Labute approximate surface area is 124 Å². The lowest BCUT2D eigenvalue weighted by molar-refractivity contribution is -0.384. The number of hydrogen-bond acceptors (Lipinski definition) is 4. The van der Waals surface area contributed by atoms with E-state index in [-0.39, 0.29) is 5.69 Å². The minimum Gasteiger partial charge on any atom is -0.387 e. The highest BCUT2D eigenvalue weighted by atomic mass is 16.6. The summed E-state index contributed by atoms with van der Waals surface area (Å²) in [5.74, 6) is 0. The molecule has 0 aliphatic carbocycles. The zero-order valence-electron chi connectivity index (χ0n) is 12.6. The Bertz CT molecular complexity index is 532. The molecule has 2 atom stereocenters. The van der Waals surface area contributed by atoms with Gasteiger partial charge in [0.1, 0.15) is 6.29 Å². The maximum absolute atomic E-state index is 11.4. The Morgan fingerprint density at radius 1 is 1.38 bits per heavy atom. The van der Waals surface area contributed by atoms with Crippen molar-refractivity contribution in [3.05, 3.63) is 51.6 Å². The fourth-order valence-electron chi connectivity index (χ4n) is 2.09. The third kappa shape index (κ3) is 4.49. The zero-order valence-corrected chi connectivity index (χ0v) is 12.6. The summed E-state index contributed by atoms with van der Waals surface area (Å²) >= 11 is 0. The van der Waals surface area contributed by atoms with E-state index < -0.39 is 16.4 Å². The van der Waals surface area contributed by atoms with Gasteiger partial charge >= 0.3 is 0 Å². The molecular weight excluding hydrogens is 270 g/mol. The van der Waals surface area contributed by atoms with Crippen molar-refractivity contribution in [2.45, 2.75) is 39.7 Å². The number of rotatable bonds is 7. The second-order valence-corrected chi connectivity index (χ2v) is 5.69. The molecule has 0 aromatic heterocycles. The van der Waals surface area contributed by atoms with Crippen molar-refractivity contribution in [3.8, 4) is 0 Å². The van der Waals surface area contributed by atoms with Crippen LogP contribution in [0, 0.1) is 15.5 Å². The summed E-state index contributed by atoms with van der Waals surface area (Å²) in [6.45, 7) is 5.65. The number of aliphatic hydroxyl groups excluding tert-OH is 1. The zero-order chi connectivity index (χ0) is 16.0. The van der Waals surface area contributed by atoms with Crippen LogP contribution in [0.2, 0.25) is 0 Å². The summed E-state index contributed by atoms with van der Waals surface area (Å²) in [7, 11) is 0. The molecule has 0 radical (unpaired) electrons. The average Bonchev–Trinajstić information content (AvgIpc) is 2.46. The average molecular weight is 291 g/mol. The minimum atomic E-state index is -0.985. The molecule has 114 valence electrons. The number of aliphatic hydroxyl groups is 1. The maximum atomic E-state index is 11.4. The van der Waals surface area contributed by atoms with Crippen LogP contribution in [0.3, 0.4) is 0 Å². The number of aldehydes is 1. The van der Waals surface area contributed by atoms with Gasteiger partial charge in [0.15, 0.2) is 0 Å². The molecule has 0 amide bonds. The first-order valence-electron chi connectivity index (χ1n) is 6.82. The largest absolute Gasteiger partial charge is 0.387 e. The first kappa shape index (κ1) is 17.0. The van der Waals surface area contributed by atoms with Crippen molar-refractivity contribution >= 4 is 12.0 Å². The molecule has 0 heterocycles. The number of carbonyl (C=O) groups is 1. The molecular formula is C16H21NO4. The van der Waals surface area contributed by atoms with E-state index in [1.54, 1.807) is 6.92 Å². The van der Waals surface area contributed by atoms with Gasteiger partial charge in [-0.1, -0.05) is 18.6 Å². The number of allylic oxidation sites excluding steroid dienone is 2. The molecule has 0 spiro atoms. The van der Waals surface area contributed by atoms with E-state index in [4.69, 9.17) is 0 Å². The fraction of sp³-hybridized carbons (Fsp3) is 0.438. The van der Waals surface area contributed by atoms with E-state index in [2.05, 4.69) is 0 Å². The first-order valence-corrected chi connectivity index (χ1v) is 6.82. The second kappa shape index (κ2) is 7.13. The van der Waals surface area contributed by atoms with Gasteiger partial charge in [0.25, 0.3) is 5.69 Å². The molecule has 0 bridgehead atoms. The number of carbonyl (C=O) groups excluding carboxylic acids is 1. The van der Waals surface area contributed by atoms with Crippen molar-refractivity contribution < 1.29 is 14.8 Å². The van der Waals surface area contributed by atoms with Crippen LogP contribution < -0.4 is 0 Å². The number of nitro groups is 1. The van der Waals surface area contributed by atoms with Crippen LogP contribution in [-0.2, 0) is 4.79 Å². The summed E-state index contributed by atoms with van der Waals surface area (Å²) in [6.07, 6.45) is 3.00. The molecule has 0 saturated heterocycles. The van der Waals surface area contributed by atoms with Crippen LogP contribution in [0.15, 0.2) is 35.9 Å². The predicted octanol–water partition coefficient (Wildman–Crippen LogP) is 3.58. The molecule has 1 N–H and O–H groups in total. The second-order valence-electron chi connectivity index (χ2n) is 5.69. The Kier molecular flexibility index (Phi) is 5.79. The Hall–Kier alpha value is -2.01. The van der Waals surface area contributed by atoms with Gasteiger partial charge in [-0.3, -0.25) is 10.1 Å². The molecule has 5 nitrogen and oxygen atoms in total. The smallest absolute Gasteiger partial charge is 0.269 e. The van der Waals surface area contributed by atoms with Crippen LogP contribution >= 0.6 is 0 Å². The molecule has 0 saturated carbocycles. The maximum Gasteiger partial charge on any atom is 0.269 e. The van der Waals surface area contributed by atoms with Crippen molar-refractivity contribution in [2.75, 3.05) is 0 Å². The number of nitrogens with zero attached hydrogens (tertiary/aromatic N) is 1. The molecule has 0 aliphatic heterocycles. The number of hydrogen-bond donors (Lipinski definition) is 1. The SMILES string of the molecule is CC(C)=CCC[C@@](C)(C=O)[C@@H](O)c1ccc([N+](=O)[O-])cc1. The predicted molar refractivity (Wildman–Crippen MR) is 80.9 cm³/mol. The Balaban J connectivity index is 2.91. The summed E-state index contributed by atoms with van der Waals surface area (Å²) in [5.41, 5.74) is 0.714. The van der Waals surface area contributed by atoms with Crippen LogP contribution in [-0.4, -0.2) is 16.3 Å². The van der Waals surface area contributed by atoms with Crippen LogP contribution in [0.5, 0.6) is 0 Å². The molecule has 21 heavy (non-hydrogen) atoms. The van der Waals surface area contributed by atoms with Crippen molar-refractivity contribution in [2.24, 2.45) is 5.41 Å². The highest BCUT2D eigenvalue weighted by Gasteiger charge is 2.33. The van der Waals surface area contributed by atoms with Gasteiger partial charge in [0.2, 0.25) is 0 Å². The summed E-state index contributed by atoms with van der Waals surface area (Å²) in [6, 6.07) is 5.65. The minimum absolute atomic E-state index is 0.0386. The van der Waals surface area contributed by atoms with Crippen LogP contribution in [0.1, 0.15) is 45.3 Å². The molecule has 1 aromatic rings. The molecule has 0 fully saturated rings. The molecule has 1 aromatic carbocycles. The number of non-ortho nitro benzene ring substituents is 1. The van der Waals surface area contributed by atoms with Crippen molar-refractivity contribution in [1.29, 1.82) is 0 Å². The van der Waals surface area contributed by atoms with Gasteiger partial charge in [-0.2, -0.15) is 0 Å². The Morgan fingerprint density at radius 3 is 2.38 bits per heavy atom. The quantitative estimate of drug-likeness (QED) is 0.360. The Morgan fingerprint density at radius 2 is 1.95 bits per heavy atom. The van der Waals surface area contributed by atoms with Gasteiger partial charge < -0.3 is 9.90 Å². The molecule has 0 aliphatic rings. The molecule has 5 heteroatoms.